The van der Waals surface area contributed by atoms with Crippen molar-refractivity contribution in [3.8, 4) is 0 Å². The monoisotopic (exact) mass is 258 g/mol. The summed E-state index contributed by atoms with van der Waals surface area (Å²) < 4.78 is 0.848. The Labute approximate surface area is 99.9 Å². The molecule has 0 aliphatic rings. The van der Waals surface area contributed by atoms with Crippen molar-refractivity contribution in [2.24, 2.45) is 0 Å². The van der Waals surface area contributed by atoms with E-state index in [4.69, 9.17) is 17.3 Å². The van der Waals surface area contributed by atoms with Gasteiger partial charge in [-0.3, -0.25) is 4.98 Å². The number of nitrogens with two attached hydrogens (primary N) is 1. The molecule has 2 N–H and O–H groups in total. The molecule has 2 heterocycles. The second-order valence-electron chi connectivity index (χ2n) is 2.66. The molecule has 2 aromatic rings. The second kappa shape index (κ2) is 4.78. The summed E-state index contributed by atoms with van der Waals surface area (Å²) in [5.74, 6) is 0.746. The number of hydrogen-bond donors (Lipinski definition) is 1. The standard InChI is InChI=1S/C8H7ClN4S2/c9-6-3-11-2-1-5(6)4-14-8-13-12-7(10)15-8/h1-3H,4H2,(H2,10,12). The molecule has 4 nitrogen and oxygen atoms in total. The largest absolute Gasteiger partial charge is 0.374 e. The maximum Gasteiger partial charge on any atom is 0.203 e. The van der Waals surface area contributed by atoms with E-state index in [1.807, 2.05) is 6.07 Å². The molecule has 0 saturated heterocycles. The van der Waals surface area contributed by atoms with Gasteiger partial charge in [0.15, 0.2) is 4.34 Å². The van der Waals surface area contributed by atoms with Gasteiger partial charge in [0.1, 0.15) is 0 Å². The Morgan fingerprint density at radius 3 is 3.00 bits per heavy atom. The summed E-state index contributed by atoms with van der Waals surface area (Å²) in [6.07, 6.45) is 3.35. The number of pyridine rings is 1. The van der Waals surface area contributed by atoms with Gasteiger partial charge in [-0.05, 0) is 11.6 Å². The van der Waals surface area contributed by atoms with Crippen LogP contribution in [0.3, 0.4) is 0 Å². The van der Waals surface area contributed by atoms with Crippen molar-refractivity contribution in [3.05, 3.63) is 29.0 Å². The van der Waals surface area contributed by atoms with E-state index >= 15 is 0 Å². The summed E-state index contributed by atoms with van der Waals surface area (Å²) in [6.45, 7) is 0. The van der Waals surface area contributed by atoms with Crippen molar-refractivity contribution >= 4 is 39.8 Å². The van der Waals surface area contributed by atoms with E-state index in [0.717, 1.165) is 15.7 Å². The van der Waals surface area contributed by atoms with Crippen LogP contribution in [0.15, 0.2) is 22.8 Å². The summed E-state index contributed by atoms with van der Waals surface area (Å²) in [5, 5.41) is 8.79. The Morgan fingerprint density at radius 2 is 2.33 bits per heavy atom. The van der Waals surface area contributed by atoms with Gasteiger partial charge in [-0.1, -0.05) is 34.7 Å². The summed E-state index contributed by atoms with van der Waals surface area (Å²) in [6, 6.07) is 1.89. The molecule has 0 aliphatic carbocycles. The average molecular weight is 259 g/mol. The van der Waals surface area contributed by atoms with Gasteiger partial charge in [0, 0.05) is 18.1 Å². The topological polar surface area (TPSA) is 64.7 Å². The Balaban J connectivity index is 2.02. The molecule has 0 amide bonds. The SMILES string of the molecule is Nc1nnc(SCc2ccncc2Cl)s1. The summed E-state index contributed by atoms with van der Waals surface area (Å²) in [7, 11) is 0. The van der Waals surface area contributed by atoms with Crippen molar-refractivity contribution in [2.75, 3.05) is 5.73 Å². The second-order valence-corrected chi connectivity index (χ2v) is 5.30. The van der Waals surface area contributed by atoms with Gasteiger partial charge in [0.2, 0.25) is 5.13 Å². The van der Waals surface area contributed by atoms with Crippen molar-refractivity contribution in [1.82, 2.24) is 15.2 Å². The molecule has 0 aliphatic heterocycles. The van der Waals surface area contributed by atoms with E-state index in [9.17, 15) is 0 Å². The number of thioether (sulfide) groups is 1. The first kappa shape index (κ1) is 10.7. The van der Waals surface area contributed by atoms with E-state index in [1.165, 1.54) is 11.3 Å². The van der Waals surface area contributed by atoms with Gasteiger partial charge in [0.25, 0.3) is 0 Å². The van der Waals surface area contributed by atoms with Crippen molar-refractivity contribution in [3.63, 3.8) is 0 Å². The number of rotatable bonds is 3. The van der Waals surface area contributed by atoms with Crippen LogP contribution >= 0.6 is 34.7 Å². The molecule has 2 rings (SSSR count). The zero-order valence-corrected chi connectivity index (χ0v) is 9.94. The molecule has 15 heavy (non-hydrogen) atoms. The third-order valence-corrected chi connectivity index (χ3v) is 3.90. The number of nitrogens with zero attached hydrogens (tertiary/aromatic N) is 3. The van der Waals surface area contributed by atoms with Crippen LogP contribution in [0.5, 0.6) is 0 Å². The minimum absolute atomic E-state index is 0.485. The molecular weight excluding hydrogens is 252 g/mol. The van der Waals surface area contributed by atoms with E-state index < -0.39 is 0 Å². The first-order valence-corrected chi connectivity index (χ1v) is 6.24. The van der Waals surface area contributed by atoms with Gasteiger partial charge in [-0.2, -0.15) is 0 Å². The molecule has 78 valence electrons. The maximum absolute atomic E-state index is 5.96. The predicted molar refractivity (Wildman–Crippen MR) is 63.1 cm³/mol. The Morgan fingerprint density at radius 1 is 1.47 bits per heavy atom. The predicted octanol–water partition coefficient (Wildman–Crippen LogP) is 2.46. The number of anilines is 1. The first-order chi connectivity index (χ1) is 7.25. The van der Waals surface area contributed by atoms with Gasteiger partial charge >= 0.3 is 0 Å². The lowest BCUT2D eigenvalue weighted by Gasteiger charge is -1.99. The lowest BCUT2D eigenvalue weighted by Crippen LogP contribution is -1.83. The van der Waals surface area contributed by atoms with E-state index in [0.29, 0.717) is 10.2 Å². The average Bonchev–Trinajstić information content (AvgIpc) is 2.63. The molecule has 0 aromatic carbocycles. The van der Waals surface area contributed by atoms with Crippen LogP contribution in [-0.4, -0.2) is 15.2 Å². The van der Waals surface area contributed by atoms with Crippen LogP contribution in [0.1, 0.15) is 5.56 Å². The minimum Gasteiger partial charge on any atom is -0.374 e. The van der Waals surface area contributed by atoms with Crippen molar-refractivity contribution in [1.29, 1.82) is 0 Å². The van der Waals surface area contributed by atoms with Gasteiger partial charge in [0.05, 0.1) is 5.02 Å². The van der Waals surface area contributed by atoms with Gasteiger partial charge in [-0.15, -0.1) is 10.2 Å². The van der Waals surface area contributed by atoms with Crippen molar-refractivity contribution in [2.45, 2.75) is 10.1 Å². The lowest BCUT2D eigenvalue weighted by molar-refractivity contribution is 1.02. The quantitative estimate of drug-likeness (QED) is 0.857. The highest BCUT2D eigenvalue weighted by atomic mass is 35.5. The molecule has 0 saturated carbocycles. The molecule has 0 atom stereocenters. The fourth-order valence-corrected chi connectivity index (χ4v) is 2.84. The third-order valence-electron chi connectivity index (χ3n) is 1.63. The number of aromatic nitrogens is 3. The maximum atomic E-state index is 5.96. The smallest absolute Gasteiger partial charge is 0.203 e. The molecule has 0 spiro atoms. The number of hydrogen-bond acceptors (Lipinski definition) is 6. The molecule has 0 fully saturated rings. The van der Waals surface area contributed by atoms with Gasteiger partial charge < -0.3 is 5.73 Å². The zero-order chi connectivity index (χ0) is 10.7. The van der Waals surface area contributed by atoms with Crippen LogP contribution in [0.4, 0.5) is 5.13 Å². The first-order valence-electron chi connectivity index (χ1n) is 4.06. The number of halogens is 1. The van der Waals surface area contributed by atoms with Crippen LogP contribution < -0.4 is 5.73 Å². The summed E-state index contributed by atoms with van der Waals surface area (Å²) >= 11 is 8.90. The fourth-order valence-electron chi connectivity index (χ4n) is 0.939. The highest BCUT2D eigenvalue weighted by Crippen LogP contribution is 2.28. The lowest BCUT2D eigenvalue weighted by atomic mass is 10.3. The van der Waals surface area contributed by atoms with Crippen LogP contribution in [0.25, 0.3) is 0 Å². The Hall–Kier alpha value is -0.850. The van der Waals surface area contributed by atoms with E-state index in [-0.39, 0.29) is 0 Å². The molecule has 0 radical (unpaired) electrons. The molecular formula is C8H7ClN4S2. The Kier molecular flexibility index (Phi) is 3.40. The third kappa shape index (κ3) is 2.80. The van der Waals surface area contributed by atoms with E-state index in [2.05, 4.69) is 15.2 Å². The van der Waals surface area contributed by atoms with Crippen LogP contribution in [0, 0.1) is 0 Å². The summed E-state index contributed by atoms with van der Waals surface area (Å²) in [5.41, 5.74) is 6.51. The Bertz CT molecular complexity index is 459. The van der Waals surface area contributed by atoms with Crippen molar-refractivity contribution < 1.29 is 0 Å². The normalized spacial score (nSPS) is 10.5. The molecule has 2 aromatic heterocycles. The molecule has 0 bridgehead atoms. The molecule has 7 heteroatoms. The van der Waals surface area contributed by atoms with Crippen LogP contribution in [0.2, 0.25) is 5.02 Å². The molecule has 0 unspecified atom stereocenters. The van der Waals surface area contributed by atoms with E-state index in [1.54, 1.807) is 24.2 Å². The highest BCUT2D eigenvalue weighted by Gasteiger charge is 2.04. The zero-order valence-electron chi connectivity index (χ0n) is 7.55. The van der Waals surface area contributed by atoms with Crippen LogP contribution in [-0.2, 0) is 5.75 Å². The number of nitrogen functional groups attached to an aromatic ring is 1. The summed E-state index contributed by atoms with van der Waals surface area (Å²) in [4.78, 5) is 3.92. The highest BCUT2D eigenvalue weighted by molar-refractivity contribution is 8.00. The minimum atomic E-state index is 0.485. The van der Waals surface area contributed by atoms with Gasteiger partial charge in [-0.25, -0.2) is 0 Å². The fraction of sp³-hybridized carbons (Fsp3) is 0.125.